The Bertz CT molecular complexity index is 1090. The molecule has 3 N–H and O–H groups in total. The number of aromatic nitrogens is 3. The average Bonchev–Trinajstić information content (AvgIpc) is 3.43. The van der Waals surface area contributed by atoms with E-state index in [1.807, 2.05) is 12.1 Å². The van der Waals surface area contributed by atoms with Crippen LogP contribution < -0.4 is 11.1 Å². The van der Waals surface area contributed by atoms with Crippen molar-refractivity contribution in [1.82, 2.24) is 19.9 Å². The van der Waals surface area contributed by atoms with E-state index in [0.717, 1.165) is 19.3 Å². The van der Waals surface area contributed by atoms with E-state index in [1.54, 1.807) is 6.07 Å². The molecule has 1 aromatic carbocycles. The monoisotopic (exact) mass is 391 g/mol. The van der Waals surface area contributed by atoms with Gasteiger partial charge in [0.05, 0.1) is 12.3 Å². The van der Waals surface area contributed by atoms with Crippen LogP contribution in [0.2, 0.25) is 0 Å². The Morgan fingerprint density at radius 2 is 1.93 bits per heavy atom. The van der Waals surface area contributed by atoms with Crippen molar-refractivity contribution in [2.24, 2.45) is 5.73 Å². The largest absolute Gasteiger partial charge is 0.381 e. The molecule has 2 amide bonds. The SMILES string of the molecule is NC(=O)c1c(C2CCOC2)nn2c(C(=O)NC3Cc4ccccc4C3)ccnc12. The normalized spacial score (nSPS) is 18.8. The first-order valence-corrected chi connectivity index (χ1v) is 9.74. The lowest BCUT2D eigenvalue weighted by molar-refractivity contribution is 0.0929. The maximum absolute atomic E-state index is 13.0. The number of amides is 2. The van der Waals surface area contributed by atoms with Crippen LogP contribution in [0.15, 0.2) is 36.5 Å². The van der Waals surface area contributed by atoms with Crippen molar-refractivity contribution >= 4 is 17.5 Å². The van der Waals surface area contributed by atoms with E-state index in [0.29, 0.717) is 30.2 Å². The summed E-state index contributed by atoms with van der Waals surface area (Å²) >= 11 is 0. The summed E-state index contributed by atoms with van der Waals surface area (Å²) in [7, 11) is 0. The van der Waals surface area contributed by atoms with Crippen molar-refractivity contribution in [3.05, 3.63) is 64.6 Å². The number of nitrogens with two attached hydrogens (primary N) is 1. The zero-order valence-electron chi connectivity index (χ0n) is 15.8. The molecule has 1 unspecified atom stereocenters. The van der Waals surface area contributed by atoms with Crippen LogP contribution in [0.3, 0.4) is 0 Å². The summed E-state index contributed by atoms with van der Waals surface area (Å²) in [6.45, 7) is 1.09. The molecule has 1 aliphatic heterocycles. The van der Waals surface area contributed by atoms with Gasteiger partial charge >= 0.3 is 0 Å². The second kappa shape index (κ2) is 6.97. The van der Waals surface area contributed by atoms with Gasteiger partial charge in [-0.3, -0.25) is 9.59 Å². The first kappa shape index (κ1) is 17.8. The number of carbonyl (C=O) groups is 2. The molecule has 2 aromatic heterocycles. The zero-order chi connectivity index (χ0) is 20.0. The summed E-state index contributed by atoms with van der Waals surface area (Å²) in [5.74, 6) is -0.874. The molecule has 1 aliphatic carbocycles. The van der Waals surface area contributed by atoms with Gasteiger partial charge in [-0.15, -0.1) is 0 Å². The molecule has 8 heteroatoms. The average molecular weight is 391 g/mol. The lowest BCUT2D eigenvalue weighted by Gasteiger charge is -2.12. The number of hydrogen-bond donors (Lipinski definition) is 2. The maximum Gasteiger partial charge on any atom is 0.270 e. The molecule has 8 nitrogen and oxygen atoms in total. The number of rotatable bonds is 4. The molecule has 5 rings (SSSR count). The highest BCUT2D eigenvalue weighted by molar-refractivity contribution is 6.01. The van der Waals surface area contributed by atoms with Crippen LogP contribution in [0.5, 0.6) is 0 Å². The van der Waals surface area contributed by atoms with Crippen molar-refractivity contribution in [3.63, 3.8) is 0 Å². The van der Waals surface area contributed by atoms with Crippen molar-refractivity contribution in [2.75, 3.05) is 13.2 Å². The molecule has 0 bridgehead atoms. The molecule has 1 fully saturated rings. The highest BCUT2D eigenvalue weighted by Gasteiger charge is 2.30. The number of benzene rings is 1. The number of nitrogens with one attached hydrogen (secondary N) is 1. The van der Waals surface area contributed by atoms with Gasteiger partial charge in [0.15, 0.2) is 5.65 Å². The minimum atomic E-state index is -0.599. The minimum Gasteiger partial charge on any atom is -0.381 e. The number of hydrogen-bond acceptors (Lipinski definition) is 5. The van der Waals surface area contributed by atoms with E-state index in [1.165, 1.54) is 21.8 Å². The van der Waals surface area contributed by atoms with Gasteiger partial charge in [0.2, 0.25) is 0 Å². The van der Waals surface area contributed by atoms with E-state index in [4.69, 9.17) is 10.5 Å². The van der Waals surface area contributed by atoms with E-state index in [9.17, 15) is 9.59 Å². The summed E-state index contributed by atoms with van der Waals surface area (Å²) in [5, 5.41) is 7.66. The first-order valence-electron chi connectivity index (χ1n) is 9.74. The Balaban J connectivity index is 1.48. The third-order valence-electron chi connectivity index (χ3n) is 5.73. The van der Waals surface area contributed by atoms with Gasteiger partial charge in [-0.25, -0.2) is 9.50 Å². The molecular weight excluding hydrogens is 370 g/mol. The van der Waals surface area contributed by atoms with Crippen LogP contribution >= 0.6 is 0 Å². The number of nitrogens with zero attached hydrogens (tertiary/aromatic N) is 3. The fourth-order valence-corrected chi connectivity index (χ4v) is 4.33. The topological polar surface area (TPSA) is 112 Å². The van der Waals surface area contributed by atoms with Crippen molar-refractivity contribution in [3.8, 4) is 0 Å². The Morgan fingerprint density at radius 3 is 2.59 bits per heavy atom. The van der Waals surface area contributed by atoms with Gasteiger partial charge in [-0.2, -0.15) is 5.10 Å². The van der Waals surface area contributed by atoms with E-state index in [2.05, 4.69) is 27.5 Å². The predicted octanol–water partition coefficient (Wildman–Crippen LogP) is 1.23. The second-order valence-electron chi connectivity index (χ2n) is 7.60. The third-order valence-corrected chi connectivity index (χ3v) is 5.73. The van der Waals surface area contributed by atoms with Gasteiger partial charge in [-0.1, -0.05) is 24.3 Å². The van der Waals surface area contributed by atoms with Crippen LogP contribution in [-0.2, 0) is 17.6 Å². The predicted molar refractivity (Wildman–Crippen MR) is 105 cm³/mol. The summed E-state index contributed by atoms with van der Waals surface area (Å²) in [5.41, 5.74) is 9.61. The molecule has 0 spiro atoms. The number of carbonyl (C=O) groups excluding carboxylic acids is 2. The number of ether oxygens (including phenoxy) is 1. The van der Waals surface area contributed by atoms with E-state index >= 15 is 0 Å². The van der Waals surface area contributed by atoms with Gasteiger partial charge in [0, 0.05) is 24.8 Å². The third kappa shape index (κ3) is 3.05. The Kier molecular flexibility index (Phi) is 4.28. The summed E-state index contributed by atoms with van der Waals surface area (Å²) in [6.07, 6.45) is 3.86. The summed E-state index contributed by atoms with van der Waals surface area (Å²) < 4.78 is 6.87. The fraction of sp³-hybridized carbons (Fsp3) is 0.333. The molecule has 3 heterocycles. The Hall–Kier alpha value is -3.26. The quantitative estimate of drug-likeness (QED) is 0.695. The molecule has 148 valence electrons. The molecule has 3 aromatic rings. The van der Waals surface area contributed by atoms with Gasteiger partial charge < -0.3 is 15.8 Å². The molecule has 0 saturated carbocycles. The smallest absolute Gasteiger partial charge is 0.270 e. The van der Waals surface area contributed by atoms with Crippen LogP contribution in [0.4, 0.5) is 0 Å². The first-order chi connectivity index (χ1) is 14.1. The Morgan fingerprint density at radius 1 is 1.17 bits per heavy atom. The van der Waals surface area contributed by atoms with Crippen molar-refractivity contribution < 1.29 is 14.3 Å². The van der Waals surface area contributed by atoms with Crippen LogP contribution in [-0.4, -0.2) is 45.7 Å². The van der Waals surface area contributed by atoms with E-state index in [-0.39, 0.29) is 23.4 Å². The highest BCUT2D eigenvalue weighted by atomic mass is 16.5. The zero-order valence-corrected chi connectivity index (χ0v) is 15.8. The van der Waals surface area contributed by atoms with Crippen LogP contribution in [0, 0.1) is 0 Å². The van der Waals surface area contributed by atoms with Gasteiger partial charge in [-0.05, 0) is 36.5 Å². The Labute approximate surface area is 167 Å². The molecule has 2 aliphatic rings. The second-order valence-corrected chi connectivity index (χ2v) is 7.60. The molecular formula is C21H21N5O3. The maximum atomic E-state index is 13.0. The van der Waals surface area contributed by atoms with Gasteiger partial charge in [0.25, 0.3) is 11.8 Å². The molecule has 29 heavy (non-hydrogen) atoms. The van der Waals surface area contributed by atoms with Gasteiger partial charge in [0.1, 0.15) is 11.3 Å². The fourth-order valence-electron chi connectivity index (χ4n) is 4.33. The number of primary amides is 1. The lowest BCUT2D eigenvalue weighted by Crippen LogP contribution is -2.36. The standard InChI is InChI=1S/C21H21N5O3/c22-19(27)17-18(14-6-8-29-11-14)25-26-16(5-7-23-20(17)26)21(28)24-15-9-12-3-1-2-4-13(12)10-15/h1-5,7,14-15H,6,8-11H2,(H2,22,27)(H,24,28). The summed E-state index contributed by atoms with van der Waals surface area (Å²) in [4.78, 5) is 29.4. The minimum absolute atomic E-state index is 0.0250. The van der Waals surface area contributed by atoms with Crippen LogP contribution in [0.25, 0.3) is 5.65 Å². The molecule has 0 radical (unpaired) electrons. The number of fused-ring (bicyclic) bond motifs is 2. The van der Waals surface area contributed by atoms with Crippen LogP contribution in [0.1, 0.15) is 50.0 Å². The van der Waals surface area contributed by atoms with Crippen molar-refractivity contribution in [1.29, 1.82) is 0 Å². The van der Waals surface area contributed by atoms with Crippen molar-refractivity contribution in [2.45, 2.75) is 31.2 Å². The van der Waals surface area contributed by atoms with E-state index < -0.39 is 5.91 Å². The summed E-state index contributed by atoms with van der Waals surface area (Å²) in [6, 6.07) is 9.84. The molecule has 1 atom stereocenters. The molecule has 1 saturated heterocycles. The highest BCUT2D eigenvalue weighted by Crippen LogP contribution is 2.29. The lowest BCUT2D eigenvalue weighted by atomic mass is 10.0.